The zero-order chi connectivity index (χ0) is 15.4. The maximum Gasteiger partial charge on any atom is 0.324 e. The molecule has 0 spiro atoms. The molecule has 0 saturated carbocycles. The van der Waals surface area contributed by atoms with Crippen LogP contribution in [0.15, 0.2) is 30.3 Å². The highest BCUT2D eigenvalue weighted by atomic mass is 16.2. The van der Waals surface area contributed by atoms with E-state index < -0.39 is 0 Å². The predicted octanol–water partition coefficient (Wildman–Crippen LogP) is 0.887. The van der Waals surface area contributed by atoms with Gasteiger partial charge < -0.3 is 10.6 Å². The van der Waals surface area contributed by atoms with Crippen LogP contribution < -0.4 is 10.6 Å². The summed E-state index contributed by atoms with van der Waals surface area (Å²) in [6.07, 6.45) is 0. The van der Waals surface area contributed by atoms with Crippen molar-refractivity contribution in [2.24, 2.45) is 5.92 Å². The minimum atomic E-state index is -0.277. The van der Waals surface area contributed by atoms with Gasteiger partial charge in [0.25, 0.3) is 5.91 Å². The number of quaternary nitrogens is 1. The Hall–Kier alpha value is -1.88. The molecule has 1 aromatic carbocycles. The lowest BCUT2D eigenvalue weighted by Crippen LogP contribution is -2.93. The van der Waals surface area contributed by atoms with Gasteiger partial charge in [0.05, 0.1) is 0 Å². The van der Waals surface area contributed by atoms with Gasteiger partial charge >= 0.3 is 6.03 Å². The van der Waals surface area contributed by atoms with Crippen LogP contribution in [-0.4, -0.2) is 36.0 Å². The van der Waals surface area contributed by atoms with Crippen molar-refractivity contribution in [3.8, 4) is 0 Å². The van der Waals surface area contributed by atoms with Gasteiger partial charge in [0.15, 0.2) is 6.04 Å². The Bertz CT molecular complexity index is 502. The Morgan fingerprint density at radius 3 is 2.43 bits per heavy atom. The highest BCUT2D eigenvalue weighted by molar-refractivity contribution is 5.97. The lowest BCUT2D eigenvalue weighted by molar-refractivity contribution is -0.719. The Balaban J connectivity index is 2.06. The second-order valence-corrected chi connectivity index (χ2v) is 5.88. The second kappa shape index (κ2) is 6.72. The molecule has 0 bridgehead atoms. The smallest absolute Gasteiger partial charge is 0.324 e. The van der Waals surface area contributed by atoms with Gasteiger partial charge in [0.2, 0.25) is 0 Å². The van der Waals surface area contributed by atoms with E-state index in [-0.39, 0.29) is 24.0 Å². The van der Waals surface area contributed by atoms with Crippen LogP contribution in [0.25, 0.3) is 0 Å². The predicted molar refractivity (Wildman–Crippen MR) is 80.5 cm³/mol. The fourth-order valence-electron chi connectivity index (χ4n) is 2.71. The zero-order valence-electron chi connectivity index (χ0n) is 12.9. The molecular formula is C16H24N3O2+. The number of nitrogens with one attached hydrogen (secondary N) is 1. The van der Waals surface area contributed by atoms with E-state index in [9.17, 15) is 9.59 Å². The number of carbonyl (C=O) groups is 2. The van der Waals surface area contributed by atoms with Gasteiger partial charge in [-0.25, -0.2) is 4.79 Å². The molecule has 0 unspecified atom stereocenters. The zero-order valence-corrected chi connectivity index (χ0v) is 12.9. The van der Waals surface area contributed by atoms with Crippen molar-refractivity contribution in [3.05, 3.63) is 35.9 Å². The first kappa shape index (κ1) is 15.5. The van der Waals surface area contributed by atoms with Gasteiger partial charge in [-0.3, -0.25) is 9.69 Å². The SMILES string of the molecule is CC(C)[C@H]([NH2+][C@H](C)C(=O)N1CCNC1=O)c1ccccc1. The summed E-state index contributed by atoms with van der Waals surface area (Å²) in [5, 5.41) is 4.73. The Morgan fingerprint density at radius 1 is 1.24 bits per heavy atom. The number of nitrogens with two attached hydrogens (primary N) is 1. The minimum Gasteiger partial charge on any atom is -0.336 e. The summed E-state index contributed by atoms with van der Waals surface area (Å²) in [5.74, 6) is 0.279. The van der Waals surface area contributed by atoms with Gasteiger partial charge in [-0.05, 0) is 6.92 Å². The fraction of sp³-hybridized carbons (Fsp3) is 0.500. The van der Waals surface area contributed by atoms with E-state index in [1.165, 1.54) is 10.5 Å². The minimum absolute atomic E-state index is 0.119. The molecule has 1 fully saturated rings. The lowest BCUT2D eigenvalue weighted by Gasteiger charge is -2.24. The Labute approximate surface area is 125 Å². The van der Waals surface area contributed by atoms with E-state index in [4.69, 9.17) is 0 Å². The van der Waals surface area contributed by atoms with Gasteiger partial charge in [0.1, 0.15) is 6.04 Å². The Morgan fingerprint density at radius 2 is 1.90 bits per heavy atom. The first-order chi connectivity index (χ1) is 10.0. The van der Waals surface area contributed by atoms with E-state index in [0.29, 0.717) is 19.0 Å². The van der Waals surface area contributed by atoms with Gasteiger partial charge in [-0.2, -0.15) is 0 Å². The van der Waals surface area contributed by atoms with Crippen LogP contribution in [0.2, 0.25) is 0 Å². The molecule has 2 rings (SSSR count). The molecule has 0 aliphatic carbocycles. The summed E-state index contributed by atoms with van der Waals surface area (Å²) in [4.78, 5) is 25.3. The van der Waals surface area contributed by atoms with Crippen molar-refractivity contribution in [1.82, 2.24) is 10.2 Å². The number of hydrogen-bond donors (Lipinski definition) is 2. The number of imide groups is 1. The van der Waals surface area contributed by atoms with Crippen molar-refractivity contribution >= 4 is 11.9 Å². The first-order valence-electron chi connectivity index (χ1n) is 7.50. The highest BCUT2D eigenvalue weighted by Gasteiger charge is 2.33. The largest absolute Gasteiger partial charge is 0.336 e. The molecule has 5 heteroatoms. The maximum atomic E-state index is 12.4. The topological polar surface area (TPSA) is 66.0 Å². The summed E-state index contributed by atoms with van der Waals surface area (Å²) in [5.41, 5.74) is 1.21. The van der Waals surface area contributed by atoms with Crippen molar-refractivity contribution in [3.63, 3.8) is 0 Å². The van der Waals surface area contributed by atoms with E-state index in [1.807, 2.05) is 25.1 Å². The molecule has 1 aliphatic heterocycles. The molecular weight excluding hydrogens is 266 g/mol. The maximum absolute atomic E-state index is 12.4. The summed E-state index contributed by atoms with van der Waals surface area (Å²) in [7, 11) is 0. The molecule has 1 aliphatic rings. The van der Waals surface area contributed by atoms with E-state index in [1.54, 1.807) is 0 Å². The average molecular weight is 290 g/mol. The first-order valence-corrected chi connectivity index (χ1v) is 7.50. The van der Waals surface area contributed by atoms with Crippen molar-refractivity contribution in [2.75, 3.05) is 13.1 Å². The molecule has 0 radical (unpaired) electrons. The molecule has 2 atom stereocenters. The van der Waals surface area contributed by atoms with Crippen molar-refractivity contribution in [1.29, 1.82) is 0 Å². The molecule has 1 saturated heterocycles. The standard InChI is InChI=1S/C16H23N3O2/c1-11(2)14(13-7-5-4-6-8-13)18-12(3)15(20)19-10-9-17-16(19)21/h4-8,11-12,14,18H,9-10H2,1-3H3,(H,17,21)/p+1/t12-,14+/m1/s1. The molecule has 0 aromatic heterocycles. The van der Waals surface area contributed by atoms with Gasteiger partial charge in [-0.1, -0.05) is 44.2 Å². The molecule has 3 N–H and O–H groups in total. The quantitative estimate of drug-likeness (QED) is 0.845. The van der Waals surface area contributed by atoms with Crippen LogP contribution in [0.1, 0.15) is 32.4 Å². The van der Waals surface area contributed by atoms with Crippen LogP contribution in [0.5, 0.6) is 0 Å². The van der Waals surface area contributed by atoms with Crippen LogP contribution in [0.4, 0.5) is 4.79 Å². The molecule has 1 heterocycles. The lowest BCUT2D eigenvalue weighted by atomic mass is 9.95. The second-order valence-electron chi connectivity index (χ2n) is 5.88. The molecule has 114 valence electrons. The summed E-state index contributed by atoms with van der Waals surface area (Å²) < 4.78 is 0. The monoisotopic (exact) mass is 290 g/mol. The summed E-state index contributed by atoms with van der Waals surface area (Å²) in [6.45, 7) is 7.17. The van der Waals surface area contributed by atoms with E-state index >= 15 is 0 Å². The number of urea groups is 1. The van der Waals surface area contributed by atoms with E-state index in [0.717, 1.165) is 0 Å². The molecule has 1 aromatic rings. The van der Waals surface area contributed by atoms with Crippen LogP contribution >= 0.6 is 0 Å². The molecule has 3 amide bonds. The number of carbonyl (C=O) groups excluding carboxylic acids is 2. The normalized spacial score (nSPS) is 17.7. The van der Waals surface area contributed by atoms with Crippen LogP contribution in [0.3, 0.4) is 0 Å². The summed E-state index contributed by atoms with van der Waals surface area (Å²) in [6, 6.07) is 9.84. The number of benzene rings is 1. The summed E-state index contributed by atoms with van der Waals surface area (Å²) >= 11 is 0. The average Bonchev–Trinajstić information content (AvgIpc) is 2.90. The number of nitrogens with zero attached hydrogens (tertiary/aromatic N) is 1. The number of hydrogen-bond acceptors (Lipinski definition) is 2. The van der Waals surface area contributed by atoms with E-state index in [2.05, 4.69) is 36.6 Å². The third-order valence-electron chi connectivity index (χ3n) is 3.91. The Kier molecular flexibility index (Phi) is 4.96. The van der Waals surface area contributed by atoms with Gasteiger partial charge in [0, 0.05) is 24.6 Å². The van der Waals surface area contributed by atoms with Crippen molar-refractivity contribution in [2.45, 2.75) is 32.9 Å². The third-order valence-corrected chi connectivity index (χ3v) is 3.91. The fourth-order valence-corrected chi connectivity index (χ4v) is 2.71. The van der Waals surface area contributed by atoms with Crippen LogP contribution in [0, 0.1) is 5.92 Å². The molecule has 21 heavy (non-hydrogen) atoms. The third kappa shape index (κ3) is 3.61. The number of rotatable bonds is 5. The molecule has 5 nitrogen and oxygen atoms in total. The highest BCUT2D eigenvalue weighted by Crippen LogP contribution is 2.17. The van der Waals surface area contributed by atoms with Gasteiger partial charge in [-0.15, -0.1) is 0 Å². The number of amides is 3. The van der Waals surface area contributed by atoms with Crippen molar-refractivity contribution < 1.29 is 14.9 Å². The van der Waals surface area contributed by atoms with Crippen LogP contribution in [-0.2, 0) is 4.79 Å².